The van der Waals surface area contributed by atoms with E-state index >= 15 is 0 Å². The summed E-state index contributed by atoms with van der Waals surface area (Å²) in [6.07, 6.45) is 4.47. The standard InChI is InChI=1S/C11H13N5O2/c1-16(6-10-13-7-14-15-10)11(17)8-3-4-12-5-9(8)18-2/h3-5,7H,6H2,1-2H3,(H,13,14,15). The second-order valence-corrected chi connectivity index (χ2v) is 3.67. The van der Waals surface area contributed by atoms with Crippen molar-refractivity contribution in [1.29, 1.82) is 0 Å². The number of hydrogen-bond donors (Lipinski definition) is 1. The molecule has 0 aliphatic heterocycles. The fraction of sp³-hybridized carbons (Fsp3) is 0.273. The first-order valence-electron chi connectivity index (χ1n) is 5.30. The molecule has 2 heterocycles. The van der Waals surface area contributed by atoms with Crippen molar-refractivity contribution in [1.82, 2.24) is 25.1 Å². The van der Waals surface area contributed by atoms with Crippen LogP contribution in [0.3, 0.4) is 0 Å². The zero-order chi connectivity index (χ0) is 13.0. The number of hydrogen-bond acceptors (Lipinski definition) is 5. The third-order valence-electron chi connectivity index (χ3n) is 2.43. The summed E-state index contributed by atoms with van der Waals surface area (Å²) < 4.78 is 5.11. The topological polar surface area (TPSA) is 84.0 Å². The number of carbonyl (C=O) groups excluding carboxylic acids is 1. The van der Waals surface area contributed by atoms with Crippen LogP contribution in [0.15, 0.2) is 24.8 Å². The highest BCUT2D eigenvalue weighted by atomic mass is 16.5. The monoisotopic (exact) mass is 247 g/mol. The molecule has 1 N–H and O–H groups in total. The molecule has 2 aromatic rings. The highest BCUT2D eigenvalue weighted by Gasteiger charge is 2.17. The summed E-state index contributed by atoms with van der Waals surface area (Å²) >= 11 is 0. The summed E-state index contributed by atoms with van der Waals surface area (Å²) in [7, 11) is 3.19. The van der Waals surface area contributed by atoms with E-state index in [1.807, 2.05) is 0 Å². The van der Waals surface area contributed by atoms with Crippen LogP contribution in [-0.4, -0.2) is 45.1 Å². The van der Waals surface area contributed by atoms with E-state index in [-0.39, 0.29) is 5.91 Å². The van der Waals surface area contributed by atoms with E-state index < -0.39 is 0 Å². The van der Waals surface area contributed by atoms with E-state index in [0.717, 1.165) is 0 Å². The number of pyridine rings is 1. The third-order valence-corrected chi connectivity index (χ3v) is 2.43. The second kappa shape index (κ2) is 5.26. The Labute approximate surface area is 104 Å². The minimum absolute atomic E-state index is 0.161. The molecule has 94 valence electrons. The van der Waals surface area contributed by atoms with Gasteiger partial charge >= 0.3 is 0 Å². The number of nitrogens with zero attached hydrogens (tertiary/aromatic N) is 4. The Kier molecular flexibility index (Phi) is 3.52. The molecule has 0 bridgehead atoms. The van der Waals surface area contributed by atoms with E-state index in [9.17, 15) is 4.79 Å². The molecule has 18 heavy (non-hydrogen) atoms. The molecule has 0 radical (unpaired) electrons. The van der Waals surface area contributed by atoms with Crippen LogP contribution in [0.5, 0.6) is 5.75 Å². The maximum absolute atomic E-state index is 12.2. The molecule has 0 saturated carbocycles. The summed E-state index contributed by atoms with van der Waals surface area (Å²) in [5.41, 5.74) is 0.467. The van der Waals surface area contributed by atoms with Crippen molar-refractivity contribution in [3.8, 4) is 5.75 Å². The quantitative estimate of drug-likeness (QED) is 0.849. The molecule has 7 nitrogen and oxygen atoms in total. The Morgan fingerprint density at radius 2 is 2.39 bits per heavy atom. The summed E-state index contributed by atoms with van der Waals surface area (Å²) in [5, 5.41) is 6.44. The normalized spacial score (nSPS) is 10.1. The van der Waals surface area contributed by atoms with Gasteiger partial charge in [-0.25, -0.2) is 4.98 Å². The number of rotatable bonds is 4. The molecule has 0 aliphatic carbocycles. The predicted molar refractivity (Wildman–Crippen MR) is 63.0 cm³/mol. The summed E-state index contributed by atoms with van der Waals surface area (Å²) in [4.78, 5) is 21.6. The average Bonchev–Trinajstić information content (AvgIpc) is 2.90. The van der Waals surface area contributed by atoms with Crippen molar-refractivity contribution < 1.29 is 9.53 Å². The van der Waals surface area contributed by atoms with Gasteiger partial charge in [-0.2, -0.15) is 5.10 Å². The number of H-pyrrole nitrogens is 1. The number of methoxy groups -OCH3 is 1. The maximum Gasteiger partial charge on any atom is 0.257 e. The molecule has 0 spiro atoms. The van der Waals surface area contributed by atoms with Gasteiger partial charge < -0.3 is 9.64 Å². The van der Waals surface area contributed by atoms with Crippen molar-refractivity contribution in [2.45, 2.75) is 6.54 Å². The van der Waals surface area contributed by atoms with Crippen LogP contribution in [0.4, 0.5) is 0 Å². The Bertz CT molecular complexity index is 526. The van der Waals surface area contributed by atoms with E-state index in [2.05, 4.69) is 20.2 Å². The number of carbonyl (C=O) groups is 1. The Balaban J connectivity index is 2.15. The van der Waals surface area contributed by atoms with Gasteiger partial charge in [0, 0.05) is 13.2 Å². The van der Waals surface area contributed by atoms with E-state index in [0.29, 0.717) is 23.7 Å². The van der Waals surface area contributed by atoms with Crippen LogP contribution >= 0.6 is 0 Å². The van der Waals surface area contributed by atoms with E-state index in [4.69, 9.17) is 4.74 Å². The van der Waals surface area contributed by atoms with Gasteiger partial charge in [-0.3, -0.25) is 14.9 Å². The first-order chi connectivity index (χ1) is 8.72. The summed E-state index contributed by atoms with van der Waals surface area (Å²) in [6, 6.07) is 1.62. The van der Waals surface area contributed by atoms with Crippen molar-refractivity contribution >= 4 is 5.91 Å². The molecule has 0 unspecified atom stereocenters. The molecule has 0 fully saturated rings. The third kappa shape index (κ3) is 2.45. The van der Waals surface area contributed by atoms with Gasteiger partial charge in [0.2, 0.25) is 0 Å². The first-order valence-corrected chi connectivity index (χ1v) is 5.30. The zero-order valence-electron chi connectivity index (χ0n) is 10.1. The van der Waals surface area contributed by atoms with Crippen LogP contribution in [0.1, 0.15) is 16.2 Å². The predicted octanol–water partition coefficient (Wildman–Crippen LogP) is 0.480. The van der Waals surface area contributed by atoms with Gasteiger partial charge in [0.15, 0.2) is 0 Å². The Morgan fingerprint density at radius 3 is 3.06 bits per heavy atom. The average molecular weight is 247 g/mol. The van der Waals surface area contributed by atoms with Gasteiger partial charge in [-0.1, -0.05) is 0 Å². The SMILES string of the molecule is COc1cnccc1C(=O)N(C)Cc1ncn[nH]1. The molecule has 2 aromatic heterocycles. The minimum Gasteiger partial charge on any atom is -0.494 e. The maximum atomic E-state index is 12.2. The molecule has 0 aromatic carbocycles. The van der Waals surface area contributed by atoms with Gasteiger partial charge in [0.05, 0.1) is 25.4 Å². The molecule has 1 amide bonds. The minimum atomic E-state index is -0.161. The van der Waals surface area contributed by atoms with Gasteiger partial charge in [-0.15, -0.1) is 0 Å². The zero-order valence-corrected chi connectivity index (χ0v) is 10.1. The van der Waals surface area contributed by atoms with Gasteiger partial charge in [-0.05, 0) is 6.07 Å². The van der Waals surface area contributed by atoms with Crippen molar-refractivity contribution in [3.63, 3.8) is 0 Å². The van der Waals surface area contributed by atoms with Crippen molar-refractivity contribution in [2.24, 2.45) is 0 Å². The molecule has 0 saturated heterocycles. The van der Waals surface area contributed by atoms with Crippen LogP contribution in [-0.2, 0) is 6.54 Å². The highest BCUT2D eigenvalue weighted by molar-refractivity contribution is 5.96. The summed E-state index contributed by atoms with van der Waals surface area (Å²) in [6.45, 7) is 0.351. The molecule has 0 aliphatic rings. The Morgan fingerprint density at radius 1 is 1.56 bits per heavy atom. The first kappa shape index (κ1) is 12.0. The van der Waals surface area contributed by atoms with Crippen LogP contribution in [0, 0.1) is 0 Å². The Hall–Kier alpha value is -2.44. The fourth-order valence-corrected chi connectivity index (χ4v) is 1.53. The number of ether oxygens (including phenoxy) is 1. The van der Waals surface area contributed by atoms with E-state index in [1.165, 1.54) is 24.5 Å². The molecule has 2 rings (SSSR count). The van der Waals surface area contributed by atoms with Crippen LogP contribution < -0.4 is 4.74 Å². The smallest absolute Gasteiger partial charge is 0.257 e. The number of amides is 1. The highest BCUT2D eigenvalue weighted by Crippen LogP contribution is 2.17. The lowest BCUT2D eigenvalue weighted by molar-refractivity contribution is 0.0778. The number of aromatic amines is 1. The lowest BCUT2D eigenvalue weighted by Gasteiger charge is -2.16. The number of nitrogens with one attached hydrogen (secondary N) is 1. The number of aromatic nitrogens is 4. The van der Waals surface area contributed by atoms with Gasteiger partial charge in [0.25, 0.3) is 5.91 Å². The second-order valence-electron chi connectivity index (χ2n) is 3.67. The van der Waals surface area contributed by atoms with Crippen LogP contribution in [0.25, 0.3) is 0 Å². The van der Waals surface area contributed by atoms with Gasteiger partial charge in [0.1, 0.15) is 17.9 Å². The fourth-order valence-electron chi connectivity index (χ4n) is 1.53. The lowest BCUT2D eigenvalue weighted by atomic mass is 10.2. The van der Waals surface area contributed by atoms with Crippen molar-refractivity contribution in [2.75, 3.05) is 14.2 Å². The van der Waals surface area contributed by atoms with Crippen LogP contribution in [0.2, 0.25) is 0 Å². The summed E-state index contributed by atoms with van der Waals surface area (Å²) in [5.74, 6) is 0.913. The van der Waals surface area contributed by atoms with Crippen molar-refractivity contribution in [3.05, 3.63) is 36.2 Å². The molecular formula is C11H13N5O2. The molecular weight excluding hydrogens is 234 g/mol. The van der Waals surface area contributed by atoms with E-state index in [1.54, 1.807) is 19.3 Å². The lowest BCUT2D eigenvalue weighted by Crippen LogP contribution is -2.27. The molecule has 0 atom stereocenters. The largest absolute Gasteiger partial charge is 0.494 e. The molecule has 7 heteroatoms.